The lowest BCUT2D eigenvalue weighted by molar-refractivity contribution is 0.241. The Kier molecular flexibility index (Phi) is 5.77. The van der Waals surface area contributed by atoms with E-state index >= 15 is 0 Å². The molecule has 0 saturated heterocycles. The summed E-state index contributed by atoms with van der Waals surface area (Å²) in [7, 11) is 1.88. The Morgan fingerprint density at radius 2 is 1.89 bits per heavy atom. The highest BCUT2D eigenvalue weighted by Gasteiger charge is 2.13. The summed E-state index contributed by atoms with van der Waals surface area (Å²) in [6, 6.07) is 3.60. The molecule has 0 aromatic heterocycles. The number of ether oxygens (including phenoxy) is 1. The monoisotopic (exact) mass is 289 g/mol. The fourth-order valence-corrected chi connectivity index (χ4v) is 2.15. The Morgan fingerprint density at radius 1 is 1.22 bits per heavy atom. The Labute approximate surface area is 120 Å². The topological polar surface area (TPSA) is 21.3 Å². The van der Waals surface area contributed by atoms with Crippen molar-refractivity contribution in [2.75, 3.05) is 13.7 Å². The van der Waals surface area contributed by atoms with Gasteiger partial charge in [-0.05, 0) is 31.0 Å². The molecule has 2 nitrogen and oxygen atoms in total. The fraction of sp³-hybridized carbons (Fsp3) is 0.571. The largest absolute Gasteiger partial charge is 0.492 e. The van der Waals surface area contributed by atoms with E-state index in [9.17, 15) is 0 Å². The number of nitrogens with one attached hydrogen (secondary N) is 1. The van der Waals surface area contributed by atoms with Gasteiger partial charge in [-0.3, -0.25) is 0 Å². The van der Waals surface area contributed by atoms with Gasteiger partial charge in [-0.15, -0.1) is 0 Å². The third-order valence-electron chi connectivity index (χ3n) is 2.55. The highest BCUT2D eigenvalue weighted by Crippen LogP contribution is 2.33. The van der Waals surface area contributed by atoms with Gasteiger partial charge in [0.1, 0.15) is 5.75 Å². The first-order valence-electron chi connectivity index (χ1n) is 6.09. The lowest BCUT2D eigenvalue weighted by Gasteiger charge is -2.20. The van der Waals surface area contributed by atoms with E-state index in [4.69, 9.17) is 27.9 Å². The van der Waals surface area contributed by atoms with E-state index in [-0.39, 0.29) is 5.41 Å². The van der Waals surface area contributed by atoms with E-state index in [1.54, 1.807) is 6.07 Å². The molecule has 0 heterocycles. The highest BCUT2D eigenvalue weighted by atomic mass is 35.5. The second-order valence-electron chi connectivity index (χ2n) is 5.57. The molecule has 0 atom stereocenters. The third-order valence-corrected chi connectivity index (χ3v) is 3.05. The van der Waals surface area contributed by atoms with Crippen LogP contribution >= 0.6 is 23.2 Å². The van der Waals surface area contributed by atoms with Crippen LogP contribution in [0.25, 0.3) is 0 Å². The molecule has 18 heavy (non-hydrogen) atoms. The molecule has 0 bridgehead atoms. The predicted molar refractivity (Wildman–Crippen MR) is 78.8 cm³/mol. The van der Waals surface area contributed by atoms with Crippen molar-refractivity contribution in [1.82, 2.24) is 5.32 Å². The summed E-state index contributed by atoms with van der Waals surface area (Å²) in [6.07, 6.45) is 0.977. The molecule has 1 aromatic rings. The van der Waals surface area contributed by atoms with Crippen molar-refractivity contribution >= 4 is 23.2 Å². The van der Waals surface area contributed by atoms with Gasteiger partial charge in [0.25, 0.3) is 0 Å². The molecular weight excluding hydrogens is 269 g/mol. The average Bonchev–Trinajstić information content (AvgIpc) is 2.20. The van der Waals surface area contributed by atoms with Crippen molar-refractivity contribution in [3.8, 4) is 5.75 Å². The van der Waals surface area contributed by atoms with Gasteiger partial charge >= 0.3 is 0 Å². The molecule has 0 amide bonds. The van der Waals surface area contributed by atoms with Gasteiger partial charge in [-0.1, -0.05) is 44.0 Å². The summed E-state index contributed by atoms with van der Waals surface area (Å²) in [4.78, 5) is 0. The van der Waals surface area contributed by atoms with E-state index in [1.807, 2.05) is 13.1 Å². The van der Waals surface area contributed by atoms with Crippen LogP contribution in [0.4, 0.5) is 0 Å². The van der Waals surface area contributed by atoms with Gasteiger partial charge in [0, 0.05) is 17.1 Å². The van der Waals surface area contributed by atoms with Crippen molar-refractivity contribution in [1.29, 1.82) is 0 Å². The molecule has 0 spiro atoms. The molecule has 0 aliphatic carbocycles. The van der Waals surface area contributed by atoms with Gasteiger partial charge in [-0.2, -0.15) is 0 Å². The normalized spacial score (nSPS) is 11.7. The molecule has 1 rings (SSSR count). The van der Waals surface area contributed by atoms with Crippen LogP contribution < -0.4 is 10.1 Å². The van der Waals surface area contributed by atoms with Crippen LogP contribution in [0.3, 0.4) is 0 Å². The molecule has 0 radical (unpaired) electrons. The summed E-state index contributed by atoms with van der Waals surface area (Å²) in [5.41, 5.74) is 1.24. The van der Waals surface area contributed by atoms with Gasteiger partial charge in [0.05, 0.1) is 11.6 Å². The van der Waals surface area contributed by atoms with Crippen LogP contribution in [0.15, 0.2) is 12.1 Å². The molecule has 0 aliphatic heterocycles. The smallest absolute Gasteiger partial charge is 0.142 e. The molecular formula is C14H21Cl2NO. The van der Waals surface area contributed by atoms with Crippen LogP contribution in [0.2, 0.25) is 10.0 Å². The van der Waals surface area contributed by atoms with E-state index in [0.29, 0.717) is 23.2 Å². The molecule has 0 unspecified atom stereocenters. The predicted octanol–water partition coefficient (Wildman–Crippen LogP) is 4.53. The summed E-state index contributed by atoms with van der Waals surface area (Å²) in [6.45, 7) is 7.91. The van der Waals surface area contributed by atoms with E-state index in [1.165, 1.54) is 0 Å². The first-order chi connectivity index (χ1) is 8.33. The Morgan fingerprint density at radius 3 is 2.44 bits per heavy atom. The fourth-order valence-electron chi connectivity index (χ4n) is 1.56. The van der Waals surface area contributed by atoms with Gasteiger partial charge in [0.15, 0.2) is 0 Å². The number of halogens is 2. The second kappa shape index (κ2) is 6.65. The van der Waals surface area contributed by atoms with Crippen LogP contribution in [0.1, 0.15) is 32.8 Å². The zero-order valence-electron chi connectivity index (χ0n) is 11.4. The van der Waals surface area contributed by atoms with Crippen LogP contribution in [0.5, 0.6) is 5.75 Å². The Balaban J connectivity index is 2.80. The molecule has 102 valence electrons. The van der Waals surface area contributed by atoms with Gasteiger partial charge in [0.2, 0.25) is 0 Å². The van der Waals surface area contributed by atoms with Gasteiger partial charge in [-0.25, -0.2) is 0 Å². The van der Waals surface area contributed by atoms with Crippen LogP contribution in [-0.2, 0) is 6.54 Å². The zero-order chi connectivity index (χ0) is 13.8. The SMILES string of the molecule is CNCc1cc(Cl)cc(Cl)c1OCCC(C)(C)C. The lowest BCUT2D eigenvalue weighted by Crippen LogP contribution is -2.13. The summed E-state index contributed by atoms with van der Waals surface area (Å²) < 4.78 is 5.82. The van der Waals surface area contributed by atoms with Crippen LogP contribution in [0, 0.1) is 5.41 Å². The minimum Gasteiger partial charge on any atom is -0.492 e. The maximum atomic E-state index is 6.18. The lowest BCUT2D eigenvalue weighted by atomic mass is 9.93. The molecule has 1 N–H and O–H groups in total. The maximum Gasteiger partial charge on any atom is 0.142 e. The molecule has 0 saturated carbocycles. The van der Waals surface area contributed by atoms with E-state index < -0.39 is 0 Å². The number of hydrogen-bond donors (Lipinski definition) is 1. The standard InChI is InChI=1S/C14H21Cl2NO/c1-14(2,3)5-6-18-13-10(9-17-4)7-11(15)8-12(13)16/h7-8,17H,5-6,9H2,1-4H3. The highest BCUT2D eigenvalue weighted by molar-refractivity contribution is 6.35. The molecule has 1 aromatic carbocycles. The average molecular weight is 290 g/mol. The summed E-state index contributed by atoms with van der Waals surface area (Å²) in [5, 5.41) is 4.29. The van der Waals surface area contributed by atoms with E-state index in [2.05, 4.69) is 26.1 Å². The van der Waals surface area contributed by atoms with Gasteiger partial charge < -0.3 is 10.1 Å². The Hall–Kier alpha value is -0.440. The van der Waals surface area contributed by atoms with Crippen molar-refractivity contribution in [3.05, 3.63) is 27.7 Å². The number of hydrogen-bond acceptors (Lipinski definition) is 2. The second-order valence-corrected chi connectivity index (χ2v) is 6.41. The van der Waals surface area contributed by atoms with Crippen molar-refractivity contribution in [3.63, 3.8) is 0 Å². The number of rotatable bonds is 5. The van der Waals surface area contributed by atoms with Crippen molar-refractivity contribution in [2.45, 2.75) is 33.7 Å². The minimum absolute atomic E-state index is 0.252. The molecule has 0 fully saturated rings. The van der Waals surface area contributed by atoms with Crippen molar-refractivity contribution < 1.29 is 4.74 Å². The Bertz CT molecular complexity index is 400. The molecule has 4 heteroatoms. The summed E-state index contributed by atoms with van der Waals surface area (Å²) in [5.74, 6) is 0.736. The quantitative estimate of drug-likeness (QED) is 0.860. The van der Waals surface area contributed by atoms with E-state index in [0.717, 1.165) is 17.7 Å². The number of benzene rings is 1. The third kappa shape index (κ3) is 5.05. The van der Waals surface area contributed by atoms with Crippen molar-refractivity contribution in [2.24, 2.45) is 5.41 Å². The first kappa shape index (κ1) is 15.6. The van der Waals surface area contributed by atoms with Crippen LogP contribution in [-0.4, -0.2) is 13.7 Å². The zero-order valence-corrected chi connectivity index (χ0v) is 13.0. The first-order valence-corrected chi connectivity index (χ1v) is 6.84. The summed E-state index contributed by atoms with van der Waals surface area (Å²) >= 11 is 12.2. The minimum atomic E-state index is 0.252. The maximum absolute atomic E-state index is 6.18. The molecule has 0 aliphatic rings.